The Labute approximate surface area is 98.6 Å². The fourth-order valence-corrected chi connectivity index (χ4v) is 0.707. The van der Waals surface area contributed by atoms with Crippen molar-refractivity contribution in [2.75, 3.05) is 24.0 Å². The minimum atomic E-state index is -0.998. The first-order valence-corrected chi connectivity index (χ1v) is 5.71. The Morgan fingerprint density at radius 3 is 1.23 bits per heavy atom. The molecule has 0 atom stereocenters. The van der Waals surface area contributed by atoms with Gasteiger partial charge in [0.15, 0.2) is 0 Å². The van der Waals surface area contributed by atoms with E-state index < -0.39 is 11.9 Å². The van der Waals surface area contributed by atoms with E-state index >= 15 is 0 Å². The zero-order valence-corrected chi connectivity index (χ0v) is 12.2. The van der Waals surface area contributed by atoms with Gasteiger partial charge in [0, 0.05) is 11.5 Å². The molecule has 0 N–H and O–H groups in total. The smallest absolute Gasteiger partial charge is 0.549 e. The number of hydrogen-bond acceptors (Lipinski definition) is 6. The van der Waals surface area contributed by atoms with Crippen molar-refractivity contribution in [1.82, 2.24) is 0 Å². The summed E-state index contributed by atoms with van der Waals surface area (Å²) in [6.07, 6.45) is 3.44. The summed E-state index contributed by atoms with van der Waals surface area (Å²) in [4.78, 5) is 18.9. The van der Waals surface area contributed by atoms with E-state index in [1.165, 1.54) is 23.5 Å². The predicted molar refractivity (Wildman–Crippen MR) is 46.8 cm³/mol. The van der Waals surface area contributed by atoms with Crippen LogP contribution < -0.4 is 10.2 Å². The molecule has 7 heteroatoms. The molecule has 0 aliphatic heterocycles. The third kappa shape index (κ3) is 32.9. The summed E-state index contributed by atoms with van der Waals surface area (Å²) < 4.78 is 0. The van der Waals surface area contributed by atoms with Crippen LogP contribution in [0.25, 0.3) is 0 Å². The van der Waals surface area contributed by atoms with Gasteiger partial charge in [-0.15, -0.1) is 0 Å². The molecular formula is C6H10O4S2Zn. The number of carboxylic acids is 2. The van der Waals surface area contributed by atoms with Gasteiger partial charge < -0.3 is 19.8 Å². The van der Waals surface area contributed by atoms with Gasteiger partial charge in [0.25, 0.3) is 0 Å². The SMILES string of the molecule is CSCC(=O)[O-].CSCC(=O)[O-].[Zn+2]. The Morgan fingerprint density at radius 2 is 1.23 bits per heavy atom. The molecule has 0 aliphatic rings. The maximum atomic E-state index is 9.47. The number of rotatable bonds is 4. The Balaban J connectivity index is -0.000000143. The van der Waals surface area contributed by atoms with E-state index in [0.717, 1.165) is 0 Å². The molecule has 0 amide bonds. The molecule has 0 fully saturated rings. The van der Waals surface area contributed by atoms with Crippen LogP contribution in [0.1, 0.15) is 0 Å². The van der Waals surface area contributed by atoms with Crippen LogP contribution in [0.5, 0.6) is 0 Å². The monoisotopic (exact) mass is 274 g/mol. The summed E-state index contributed by atoms with van der Waals surface area (Å²) in [6.45, 7) is 0. The predicted octanol–water partition coefficient (Wildman–Crippen LogP) is -1.80. The second-order valence-electron chi connectivity index (χ2n) is 1.61. The number of hydrogen-bond donors (Lipinski definition) is 0. The summed E-state index contributed by atoms with van der Waals surface area (Å²) in [5.41, 5.74) is 0. The quantitative estimate of drug-likeness (QED) is 0.563. The first-order valence-electron chi connectivity index (χ1n) is 2.92. The van der Waals surface area contributed by atoms with Gasteiger partial charge in [0.2, 0.25) is 0 Å². The number of carbonyl (C=O) groups excluding carboxylic acids is 2. The average molecular weight is 276 g/mol. The van der Waals surface area contributed by atoms with E-state index in [-0.39, 0.29) is 31.0 Å². The Hall–Kier alpha value is 0.263. The molecule has 0 bridgehead atoms. The Kier molecular flexibility index (Phi) is 21.5. The van der Waals surface area contributed by atoms with Gasteiger partial charge in [0.05, 0.1) is 11.9 Å². The summed E-state index contributed by atoms with van der Waals surface area (Å²) in [5.74, 6) is -1.80. The molecule has 0 rings (SSSR count). The first kappa shape index (κ1) is 18.9. The number of carbonyl (C=O) groups is 2. The van der Waals surface area contributed by atoms with E-state index in [1.807, 2.05) is 0 Å². The molecule has 0 aromatic carbocycles. The summed E-state index contributed by atoms with van der Waals surface area (Å²) in [7, 11) is 0. The molecule has 0 aromatic rings. The average Bonchev–Trinajstić information content (AvgIpc) is 1.87. The van der Waals surface area contributed by atoms with E-state index in [4.69, 9.17) is 0 Å². The standard InChI is InChI=1S/2C3H6O2S.Zn/c2*1-6-2-3(4)5;/h2*2H2,1H3,(H,4,5);/q;;+2/p-2. The van der Waals surface area contributed by atoms with Crippen LogP contribution in [0.15, 0.2) is 0 Å². The molecule has 72 valence electrons. The molecule has 4 nitrogen and oxygen atoms in total. The van der Waals surface area contributed by atoms with Gasteiger partial charge in [0.1, 0.15) is 0 Å². The van der Waals surface area contributed by atoms with Crippen LogP contribution in [0.3, 0.4) is 0 Å². The topological polar surface area (TPSA) is 80.3 Å². The molecule has 0 saturated carbocycles. The second-order valence-corrected chi connectivity index (χ2v) is 3.34. The van der Waals surface area contributed by atoms with E-state index in [9.17, 15) is 19.8 Å². The zero-order valence-electron chi connectivity index (χ0n) is 7.57. The molecule has 13 heavy (non-hydrogen) atoms. The minimum Gasteiger partial charge on any atom is -0.549 e. The third-order valence-corrected chi connectivity index (χ3v) is 1.57. The number of carboxylic acid groups (broad SMARTS) is 2. The summed E-state index contributed by atoms with van der Waals surface area (Å²) in [5, 5.41) is 18.9. The second kappa shape index (κ2) is 14.8. The largest absolute Gasteiger partial charge is 2.00 e. The van der Waals surface area contributed by atoms with E-state index in [1.54, 1.807) is 12.5 Å². The van der Waals surface area contributed by atoms with Crippen molar-refractivity contribution in [2.45, 2.75) is 0 Å². The van der Waals surface area contributed by atoms with Crippen molar-refractivity contribution in [3.8, 4) is 0 Å². The van der Waals surface area contributed by atoms with Crippen LogP contribution in [-0.4, -0.2) is 36.0 Å². The molecule has 0 aliphatic carbocycles. The minimum absolute atomic E-state index is 0. The molecule has 0 radical (unpaired) electrons. The van der Waals surface area contributed by atoms with Crippen LogP contribution in [-0.2, 0) is 29.1 Å². The summed E-state index contributed by atoms with van der Waals surface area (Å²) >= 11 is 2.50. The van der Waals surface area contributed by atoms with Crippen LogP contribution in [0, 0.1) is 0 Å². The molecule has 0 aromatic heterocycles. The van der Waals surface area contributed by atoms with Gasteiger partial charge in [-0.05, 0) is 12.5 Å². The maximum Gasteiger partial charge on any atom is 2.00 e. The van der Waals surface area contributed by atoms with Crippen molar-refractivity contribution < 1.29 is 39.3 Å². The van der Waals surface area contributed by atoms with Crippen LogP contribution in [0.2, 0.25) is 0 Å². The van der Waals surface area contributed by atoms with E-state index in [0.29, 0.717) is 0 Å². The van der Waals surface area contributed by atoms with Crippen molar-refractivity contribution >= 4 is 35.5 Å². The summed E-state index contributed by atoms with van der Waals surface area (Å²) in [6, 6.07) is 0. The van der Waals surface area contributed by atoms with Crippen LogP contribution >= 0.6 is 23.5 Å². The number of aliphatic carboxylic acids is 2. The molecule has 0 heterocycles. The first-order chi connectivity index (χ1) is 5.54. The molecule has 0 unspecified atom stereocenters. The van der Waals surface area contributed by atoms with E-state index in [2.05, 4.69) is 0 Å². The molecular weight excluding hydrogens is 266 g/mol. The van der Waals surface area contributed by atoms with Crippen LogP contribution in [0.4, 0.5) is 0 Å². The van der Waals surface area contributed by atoms with Gasteiger partial charge in [-0.25, -0.2) is 0 Å². The molecule has 0 spiro atoms. The van der Waals surface area contributed by atoms with Gasteiger partial charge >= 0.3 is 19.5 Å². The Morgan fingerprint density at radius 1 is 1.00 bits per heavy atom. The van der Waals surface area contributed by atoms with Gasteiger partial charge in [-0.2, -0.15) is 23.5 Å². The van der Waals surface area contributed by atoms with Gasteiger partial charge in [-0.3, -0.25) is 0 Å². The van der Waals surface area contributed by atoms with Gasteiger partial charge in [-0.1, -0.05) is 0 Å². The zero-order chi connectivity index (χ0) is 9.98. The molecule has 0 saturated heterocycles. The van der Waals surface area contributed by atoms with Crippen molar-refractivity contribution in [1.29, 1.82) is 0 Å². The fraction of sp³-hybridized carbons (Fsp3) is 0.667. The normalized spacial score (nSPS) is 7.54. The van der Waals surface area contributed by atoms with Crippen molar-refractivity contribution in [2.24, 2.45) is 0 Å². The maximum absolute atomic E-state index is 9.47. The third-order valence-electron chi connectivity index (χ3n) is 0.524. The number of thioether (sulfide) groups is 2. The van der Waals surface area contributed by atoms with Crippen molar-refractivity contribution in [3.05, 3.63) is 0 Å². The fourth-order valence-electron chi connectivity index (χ4n) is 0.236. The Bertz CT molecular complexity index is 127. The van der Waals surface area contributed by atoms with Crippen molar-refractivity contribution in [3.63, 3.8) is 0 Å².